The molecule has 0 spiro atoms. The van der Waals surface area contributed by atoms with E-state index in [1.165, 1.54) is 0 Å². The molecule has 0 aliphatic rings. The van der Waals surface area contributed by atoms with Crippen LogP contribution in [0.5, 0.6) is 0 Å². The molecule has 2 rings (SSSR count). The molecular formula is C12H5Cl2F6N3O. The zero-order valence-corrected chi connectivity index (χ0v) is 12.6. The third-order valence-corrected chi connectivity index (χ3v) is 3.50. The van der Waals surface area contributed by atoms with Gasteiger partial charge in [-0.3, -0.25) is 0 Å². The van der Waals surface area contributed by atoms with E-state index < -0.39 is 51.1 Å². The lowest BCUT2D eigenvalue weighted by molar-refractivity contribution is -0.142. The highest BCUT2D eigenvalue weighted by atomic mass is 35.5. The van der Waals surface area contributed by atoms with Crippen LogP contribution in [0.3, 0.4) is 0 Å². The van der Waals surface area contributed by atoms with Crippen LogP contribution in [0.25, 0.3) is 0 Å². The summed E-state index contributed by atoms with van der Waals surface area (Å²) in [5.41, 5.74) is -5.35. The first-order valence-corrected chi connectivity index (χ1v) is 6.67. The first-order chi connectivity index (χ1) is 10.9. The Morgan fingerprint density at radius 2 is 1.46 bits per heavy atom. The Kier molecular flexibility index (Phi) is 4.93. The third kappa shape index (κ3) is 3.55. The van der Waals surface area contributed by atoms with E-state index in [0.717, 1.165) is 0 Å². The molecule has 0 amide bonds. The Bertz CT molecular complexity index is 702. The van der Waals surface area contributed by atoms with Crippen LogP contribution >= 0.6 is 23.2 Å². The molecule has 0 radical (unpaired) electrons. The fourth-order valence-corrected chi connectivity index (χ4v) is 2.44. The molecule has 0 bridgehead atoms. The summed E-state index contributed by atoms with van der Waals surface area (Å²) in [4.78, 5) is 9.59. The predicted molar refractivity (Wildman–Crippen MR) is 70.4 cm³/mol. The van der Waals surface area contributed by atoms with Gasteiger partial charge in [0.2, 0.25) is 0 Å². The summed E-state index contributed by atoms with van der Waals surface area (Å²) in [7, 11) is 0. The molecule has 0 fully saturated rings. The van der Waals surface area contributed by atoms with E-state index >= 15 is 0 Å². The fraction of sp³-hybridized carbons (Fsp3) is 0.250. The standard InChI is InChI=1S/C12H5Cl2F6N3O/c13-9-5(4(1-2-21-9)11(15,16)17)7(24)6-8(12(18,19)20)22-3-23-10(6)14/h1-3,7,24H. The molecule has 1 atom stereocenters. The number of nitrogens with zero attached hydrogens (tertiary/aromatic N) is 3. The minimum atomic E-state index is -5.09. The summed E-state index contributed by atoms with van der Waals surface area (Å²) < 4.78 is 78.2. The van der Waals surface area contributed by atoms with Crippen molar-refractivity contribution in [2.45, 2.75) is 18.5 Å². The van der Waals surface area contributed by atoms with Gasteiger partial charge < -0.3 is 5.11 Å². The molecule has 0 aromatic carbocycles. The van der Waals surface area contributed by atoms with Crippen LogP contribution in [0.4, 0.5) is 26.3 Å². The molecule has 2 heterocycles. The summed E-state index contributed by atoms with van der Waals surface area (Å²) in [6.45, 7) is 0. The maximum Gasteiger partial charge on any atom is 0.433 e. The average molecular weight is 392 g/mol. The highest BCUT2D eigenvalue weighted by Crippen LogP contribution is 2.43. The Morgan fingerprint density at radius 1 is 0.875 bits per heavy atom. The van der Waals surface area contributed by atoms with Gasteiger partial charge in [0.05, 0.1) is 11.1 Å². The van der Waals surface area contributed by atoms with Crippen molar-refractivity contribution < 1.29 is 31.4 Å². The van der Waals surface area contributed by atoms with Crippen LogP contribution in [-0.4, -0.2) is 20.1 Å². The minimum Gasteiger partial charge on any atom is -0.383 e. The topological polar surface area (TPSA) is 58.9 Å². The van der Waals surface area contributed by atoms with Gasteiger partial charge in [0.15, 0.2) is 5.69 Å². The van der Waals surface area contributed by atoms with Crippen LogP contribution in [0, 0.1) is 0 Å². The molecular weight excluding hydrogens is 387 g/mol. The third-order valence-electron chi connectivity index (χ3n) is 2.90. The van der Waals surface area contributed by atoms with Crippen molar-refractivity contribution >= 4 is 23.2 Å². The Hall–Kier alpha value is -1.65. The Balaban J connectivity index is 2.75. The lowest BCUT2D eigenvalue weighted by atomic mass is 9.98. The van der Waals surface area contributed by atoms with Gasteiger partial charge in [-0.25, -0.2) is 15.0 Å². The van der Waals surface area contributed by atoms with Gasteiger partial charge in [-0.15, -0.1) is 0 Å². The van der Waals surface area contributed by atoms with E-state index in [2.05, 4.69) is 15.0 Å². The summed E-state index contributed by atoms with van der Waals surface area (Å²) in [6.07, 6.45) is -11.4. The molecule has 0 saturated heterocycles. The lowest BCUT2D eigenvalue weighted by Gasteiger charge is -2.21. The predicted octanol–water partition coefficient (Wildman–Crippen LogP) is 4.30. The number of hydrogen-bond acceptors (Lipinski definition) is 4. The molecule has 2 aromatic heterocycles. The molecule has 130 valence electrons. The lowest BCUT2D eigenvalue weighted by Crippen LogP contribution is -2.19. The number of rotatable bonds is 2. The van der Waals surface area contributed by atoms with E-state index in [4.69, 9.17) is 23.2 Å². The van der Waals surface area contributed by atoms with E-state index in [0.29, 0.717) is 18.6 Å². The Labute approximate surface area is 140 Å². The molecule has 24 heavy (non-hydrogen) atoms. The molecule has 12 heteroatoms. The van der Waals surface area contributed by atoms with Crippen LogP contribution in [0.15, 0.2) is 18.6 Å². The normalized spacial score (nSPS) is 13.9. The molecule has 1 unspecified atom stereocenters. The first kappa shape index (κ1) is 18.7. The van der Waals surface area contributed by atoms with Crippen molar-refractivity contribution in [3.8, 4) is 0 Å². The maximum absolute atomic E-state index is 13.1. The average Bonchev–Trinajstić information content (AvgIpc) is 2.44. The van der Waals surface area contributed by atoms with Crippen LogP contribution in [0.1, 0.15) is 28.5 Å². The van der Waals surface area contributed by atoms with E-state index in [1.807, 2.05) is 0 Å². The van der Waals surface area contributed by atoms with Crippen molar-refractivity contribution in [1.29, 1.82) is 0 Å². The maximum atomic E-state index is 13.1. The van der Waals surface area contributed by atoms with Crippen molar-refractivity contribution in [1.82, 2.24) is 15.0 Å². The number of aromatic nitrogens is 3. The number of hydrogen-bond donors (Lipinski definition) is 1. The summed E-state index contributed by atoms with van der Waals surface area (Å²) in [5, 5.41) is 8.46. The highest BCUT2D eigenvalue weighted by molar-refractivity contribution is 6.31. The van der Waals surface area contributed by atoms with Gasteiger partial charge in [-0.1, -0.05) is 23.2 Å². The molecule has 4 nitrogen and oxygen atoms in total. The van der Waals surface area contributed by atoms with Crippen molar-refractivity contribution in [3.63, 3.8) is 0 Å². The second-order valence-electron chi connectivity index (χ2n) is 4.39. The zero-order chi connectivity index (χ0) is 18.3. The van der Waals surface area contributed by atoms with Crippen LogP contribution < -0.4 is 0 Å². The van der Waals surface area contributed by atoms with Gasteiger partial charge in [0, 0.05) is 11.8 Å². The molecule has 0 saturated carbocycles. The summed E-state index contributed by atoms with van der Waals surface area (Å²) in [6, 6.07) is 0.468. The number of aliphatic hydroxyl groups is 1. The Morgan fingerprint density at radius 3 is 2.00 bits per heavy atom. The summed E-state index contributed by atoms with van der Waals surface area (Å²) in [5.74, 6) is 0. The van der Waals surface area contributed by atoms with Gasteiger partial charge >= 0.3 is 12.4 Å². The van der Waals surface area contributed by atoms with E-state index in [9.17, 15) is 31.4 Å². The largest absolute Gasteiger partial charge is 0.433 e. The number of alkyl halides is 6. The van der Waals surface area contributed by atoms with Crippen LogP contribution in [0.2, 0.25) is 10.3 Å². The van der Waals surface area contributed by atoms with E-state index in [1.54, 1.807) is 0 Å². The van der Waals surface area contributed by atoms with Gasteiger partial charge in [-0.05, 0) is 6.07 Å². The number of halogens is 8. The van der Waals surface area contributed by atoms with Gasteiger partial charge in [0.25, 0.3) is 0 Å². The second kappa shape index (κ2) is 6.34. The SMILES string of the molecule is OC(c1c(C(F)(F)F)ccnc1Cl)c1c(Cl)ncnc1C(F)(F)F. The smallest absolute Gasteiger partial charge is 0.383 e. The van der Waals surface area contributed by atoms with Crippen molar-refractivity contribution in [2.24, 2.45) is 0 Å². The van der Waals surface area contributed by atoms with E-state index in [-0.39, 0.29) is 0 Å². The van der Waals surface area contributed by atoms with Crippen LogP contribution in [-0.2, 0) is 12.4 Å². The quantitative estimate of drug-likeness (QED) is 0.471. The fourth-order valence-electron chi connectivity index (χ4n) is 1.94. The first-order valence-electron chi connectivity index (χ1n) is 5.91. The molecule has 2 aromatic rings. The monoisotopic (exact) mass is 391 g/mol. The second-order valence-corrected chi connectivity index (χ2v) is 5.10. The molecule has 0 aliphatic heterocycles. The number of aliphatic hydroxyl groups excluding tert-OH is 1. The summed E-state index contributed by atoms with van der Waals surface area (Å²) >= 11 is 11.1. The van der Waals surface area contributed by atoms with Gasteiger partial charge in [0.1, 0.15) is 22.7 Å². The van der Waals surface area contributed by atoms with Gasteiger partial charge in [-0.2, -0.15) is 26.3 Å². The van der Waals surface area contributed by atoms with Crippen molar-refractivity contribution in [3.05, 3.63) is 51.3 Å². The minimum absolute atomic E-state index is 0.468. The zero-order valence-electron chi connectivity index (χ0n) is 11.1. The number of pyridine rings is 1. The molecule has 1 N–H and O–H groups in total. The highest BCUT2D eigenvalue weighted by Gasteiger charge is 2.42. The molecule has 0 aliphatic carbocycles. The van der Waals surface area contributed by atoms with Crippen molar-refractivity contribution in [2.75, 3.05) is 0 Å².